The van der Waals surface area contributed by atoms with Crippen LogP contribution in [0.2, 0.25) is 0 Å². The van der Waals surface area contributed by atoms with Crippen LogP contribution in [0.4, 0.5) is 0 Å². The van der Waals surface area contributed by atoms with E-state index in [1.165, 1.54) is 58.0 Å². The molecule has 1 heteroatoms. The predicted molar refractivity (Wildman–Crippen MR) is 70.3 cm³/mol. The van der Waals surface area contributed by atoms with Gasteiger partial charge < -0.3 is 4.90 Å². The lowest BCUT2D eigenvalue weighted by Gasteiger charge is -2.20. The van der Waals surface area contributed by atoms with Crippen LogP contribution in [0.3, 0.4) is 0 Å². The van der Waals surface area contributed by atoms with Gasteiger partial charge in [0.05, 0.1) is 0 Å². The maximum atomic E-state index is 2.39. The Kier molecular flexibility index (Phi) is 8.79. The molecule has 2 rings (SSSR count). The summed E-state index contributed by atoms with van der Waals surface area (Å²) in [5.41, 5.74) is 1.59. The molecule has 1 heterocycles. The number of hydrogen-bond donors (Lipinski definition) is 0. The summed E-state index contributed by atoms with van der Waals surface area (Å²) in [6.45, 7) is 4.86. The minimum Gasteiger partial charge on any atom is -0.306 e. The second-order valence-corrected chi connectivity index (χ2v) is 4.66. The molecule has 0 radical (unpaired) electrons. The number of nitrogens with zero attached hydrogens (tertiary/aromatic N) is 1. The first kappa shape index (κ1) is 14.7. The van der Waals surface area contributed by atoms with Crippen LogP contribution in [0.5, 0.6) is 0 Å². The highest BCUT2D eigenvalue weighted by Crippen LogP contribution is 2.15. The second-order valence-electron chi connectivity index (χ2n) is 4.66. The first-order chi connectivity index (χ1) is 6.79. The summed E-state index contributed by atoms with van der Waals surface area (Å²) in [4.78, 5) is 2.39. The van der Waals surface area contributed by atoms with Crippen molar-refractivity contribution in [3.8, 4) is 0 Å². The van der Waals surface area contributed by atoms with E-state index < -0.39 is 0 Å². The number of rotatable bonds is 0. The van der Waals surface area contributed by atoms with Crippen molar-refractivity contribution in [3.05, 3.63) is 11.6 Å². The third-order valence-electron chi connectivity index (χ3n) is 3.10. The number of piperidine rings is 1. The van der Waals surface area contributed by atoms with E-state index in [1.807, 2.05) is 0 Å². The van der Waals surface area contributed by atoms with E-state index in [0.29, 0.717) is 0 Å². The lowest BCUT2D eigenvalue weighted by Crippen LogP contribution is -2.24. The predicted octanol–water partition coefficient (Wildman–Crippen LogP) is 4.24. The Hall–Kier alpha value is -0.300. The van der Waals surface area contributed by atoms with Gasteiger partial charge >= 0.3 is 0 Å². The summed E-state index contributed by atoms with van der Waals surface area (Å²) in [6, 6.07) is 0. The number of likely N-dealkylation sites (tertiary alicyclic amines) is 1. The molecule has 0 unspecified atom stereocenters. The molecular formula is C14H29N. The SMILES string of the molecule is C.CC1=CCCCC1.CN1CCCCC1. The minimum absolute atomic E-state index is 0. The summed E-state index contributed by atoms with van der Waals surface area (Å²) in [5.74, 6) is 0. The first-order valence-corrected chi connectivity index (χ1v) is 6.13. The molecule has 1 aliphatic carbocycles. The molecular weight excluding hydrogens is 182 g/mol. The van der Waals surface area contributed by atoms with Crippen molar-refractivity contribution in [1.29, 1.82) is 0 Å². The topological polar surface area (TPSA) is 3.24 Å². The van der Waals surface area contributed by atoms with Gasteiger partial charge in [-0.1, -0.05) is 25.5 Å². The summed E-state index contributed by atoms with van der Waals surface area (Å²) < 4.78 is 0. The summed E-state index contributed by atoms with van der Waals surface area (Å²) >= 11 is 0. The maximum absolute atomic E-state index is 2.39. The smallest absolute Gasteiger partial charge is 0.00218 e. The zero-order valence-electron chi connectivity index (χ0n) is 9.89. The Bertz CT molecular complexity index is 166. The van der Waals surface area contributed by atoms with Gasteiger partial charge in [-0.25, -0.2) is 0 Å². The molecule has 15 heavy (non-hydrogen) atoms. The molecule has 0 aromatic carbocycles. The summed E-state index contributed by atoms with van der Waals surface area (Å²) in [7, 11) is 2.19. The van der Waals surface area contributed by atoms with Crippen LogP contribution >= 0.6 is 0 Å². The van der Waals surface area contributed by atoms with E-state index in [2.05, 4.69) is 24.9 Å². The fourth-order valence-electron chi connectivity index (χ4n) is 2.05. The van der Waals surface area contributed by atoms with E-state index in [9.17, 15) is 0 Å². The second kappa shape index (κ2) is 8.96. The highest BCUT2D eigenvalue weighted by molar-refractivity contribution is 5.00. The van der Waals surface area contributed by atoms with Gasteiger partial charge in [-0.05, 0) is 65.6 Å². The standard InChI is InChI=1S/C7H12.C6H13N.CH4/c2*1-7-5-3-2-4-6-7;/h5H,2-4,6H2,1H3;2-6H2,1H3;1H4. The maximum Gasteiger partial charge on any atom is -0.00218 e. The largest absolute Gasteiger partial charge is 0.306 e. The number of allylic oxidation sites excluding steroid dienone is 2. The van der Waals surface area contributed by atoms with Crippen LogP contribution in [0, 0.1) is 0 Å². The van der Waals surface area contributed by atoms with Gasteiger partial charge in [0.1, 0.15) is 0 Å². The first-order valence-electron chi connectivity index (χ1n) is 6.13. The van der Waals surface area contributed by atoms with Crippen LogP contribution in [0.25, 0.3) is 0 Å². The van der Waals surface area contributed by atoms with Gasteiger partial charge in [-0.15, -0.1) is 0 Å². The lowest BCUT2D eigenvalue weighted by atomic mass is 10.0. The lowest BCUT2D eigenvalue weighted by molar-refractivity contribution is 0.277. The quantitative estimate of drug-likeness (QED) is 0.542. The van der Waals surface area contributed by atoms with Crippen LogP contribution in [0.15, 0.2) is 11.6 Å². The molecule has 0 spiro atoms. The molecule has 2 aliphatic rings. The molecule has 1 fully saturated rings. The van der Waals surface area contributed by atoms with E-state index >= 15 is 0 Å². The van der Waals surface area contributed by atoms with Crippen LogP contribution in [0.1, 0.15) is 59.3 Å². The van der Waals surface area contributed by atoms with Crippen molar-refractivity contribution in [2.24, 2.45) is 0 Å². The molecule has 0 N–H and O–H groups in total. The van der Waals surface area contributed by atoms with Crippen LogP contribution in [-0.4, -0.2) is 25.0 Å². The van der Waals surface area contributed by atoms with Crippen molar-refractivity contribution in [3.63, 3.8) is 0 Å². The molecule has 1 saturated heterocycles. The molecule has 0 saturated carbocycles. The Morgan fingerprint density at radius 1 is 1.00 bits per heavy atom. The van der Waals surface area contributed by atoms with Crippen molar-refractivity contribution < 1.29 is 0 Å². The van der Waals surface area contributed by atoms with Gasteiger partial charge in [0.2, 0.25) is 0 Å². The summed E-state index contributed by atoms with van der Waals surface area (Å²) in [6.07, 6.45) is 12.1. The van der Waals surface area contributed by atoms with Gasteiger partial charge in [-0.2, -0.15) is 0 Å². The highest BCUT2D eigenvalue weighted by atomic mass is 15.1. The van der Waals surface area contributed by atoms with Crippen molar-refractivity contribution in [2.45, 2.75) is 59.3 Å². The number of hydrogen-bond acceptors (Lipinski definition) is 1. The third kappa shape index (κ3) is 7.61. The molecule has 1 nitrogen and oxygen atoms in total. The zero-order chi connectivity index (χ0) is 10.2. The molecule has 0 aromatic rings. The van der Waals surface area contributed by atoms with Crippen LogP contribution < -0.4 is 0 Å². The van der Waals surface area contributed by atoms with E-state index in [4.69, 9.17) is 0 Å². The van der Waals surface area contributed by atoms with E-state index in [0.717, 1.165) is 0 Å². The molecule has 0 bridgehead atoms. The Balaban J connectivity index is 0.000000245. The van der Waals surface area contributed by atoms with E-state index in [-0.39, 0.29) is 7.43 Å². The Morgan fingerprint density at radius 2 is 1.67 bits per heavy atom. The van der Waals surface area contributed by atoms with Gasteiger partial charge in [0.25, 0.3) is 0 Å². The average Bonchev–Trinajstić information content (AvgIpc) is 2.21. The molecule has 0 aromatic heterocycles. The normalized spacial score (nSPS) is 21.9. The van der Waals surface area contributed by atoms with E-state index in [1.54, 1.807) is 5.57 Å². The minimum atomic E-state index is 0. The zero-order valence-corrected chi connectivity index (χ0v) is 9.89. The molecule has 0 atom stereocenters. The molecule has 0 amide bonds. The van der Waals surface area contributed by atoms with Gasteiger partial charge in [0.15, 0.2) is 0 Å². The Morgan fingerprint density at radius 3 is 1.93 bits per heavy atom. The fraction of sp³-hybridized carbons (Fsp3) is 0.857. The highest BCUT2D eigenvalue weighted by Gasteiger charge is 2.02. The van der Waals surface area contributed by atoms with Crippen molar-refractivity contribution in [2.75, 3.05) is 20.1 Å². The van der Waals surface area contributed by atoms with Crippen LogP contribution in [-0.2, 0) is 0 Å². The van der Waals surface area contributed by atoms with Crippen molar-refractivity contribution in [1.82, 2.24) is 4.90 Å². The van der Waals surface area contributed by atoms with Crippen molar-refractivity contribution >= 4 is 0 Å². The summed E-state index contributed by atoms with van der Waals surface area (Å²) in [5, 5.41) is 0. The average molecular weight is 211 g/mol. The fourth-order valence-corrected chi connectivity index (χ4v) is 2.05. The molecule has 90 valence electrons. The van der Waals surface area contributed by atoms with Gasteiger partial charge in [0, 0.05) is 0 Å². The Labute approximate surface area is 96.6 Å². The van der Waals surface area contributed by atoms with Gasteiger partial charge in [-0.3, -0.25) is 0 Å². The third-order valence-corrected chi connectivity index (χ3v) is 3.10. The molecule has 1 aliphatic heterocycles. The monoisotopic (exact) mass is 211 g/mol.